The van der Waals surface area contributed by atoms with Crippen LogP contribution in [-0.4, -0.2) is 87.3 Å². The minimum Gasteiger partial charge on any atom is -0.378 e. The van der Waals surface area contributed by atoms with Crippen molar-refractivity contribution in [2.75, 3.05) is 62.4 Å². The molecule has 11 heteroatoms. The lowest BCUT2D eigenvalue weighted by Gasteiger charge is -2.30. The molecule has 2 aliphatic heterocycles. The number of rotatable bonds is 4. The van der Waals surface area contributed by atoms with Gasteiger partial charge in [-0.1, -0.05) is 0 Å². The van der Waals surface area contributed by atoms with Crippen molar-refractivity contribution in [3.05, 3.63) is 30.2 Å². The summed E-state index contributed by atoms with van der Waals surface area (Å²) in [7, 11) is 0. The Hall–Kier alpha value is -3.18. The number of hydrogen-bond acceptors (Lipinski definition) is 10. The molecule has 11 nitrogen and oxygen atoms in total. The third-order valence-corrected chi connectivity index (χ3v) is 5.00. The zero-order chi connectivity index (χ0) is 20.3. The molecule has 2 aliphatic rings. The monoisotopic (exact) mass is 409 g/mol. The summed E-state index contributed by atoms with van der Waals surface area (Å²) in [6.07, 6.45) is 3.53. The zero-order valence-corrected chi connectivity index (χ0v) is 16.8. The first-order chi connectivity index (χ1) is 14.8. The molecular formula is C19H23N9O2. The summed E-state index contributed by atoms with van der Waals surface area (Å²) in [6, 6.07) is 3.72. The van der Waals surface area contributed by atoms with Crippen molar-refractivity contribution in [2.24, 2.45) is 0 Å². The van der Waals surface area contributed by atoms with Crippen molar-refractivity contribution in [1.82, 2.24) is 34.7 Å². The largest absolute Gasteiger partial charge is 0.378 e. The molecule has 0 atom stereocenters. The Kier molecular flexibility index (Phi) is 5.20. The highest BCUT2D eigenvalue weighted by molar-refractivity contribution is 5.55. The number of aryl methyl sites for hydroxylation is 1. The molecule has 0 N–H and O–H groups in total. The first-order valence-corrected chi connectivity index (χ1v) is 10.0. The van der Waals surface area contributed by atoms with Gasteiger partial charge in [0.2, 0.25) is 11.9 Å². The molecule has 0 spiro atoms. The zero-order valence-electron chi connectivity index (χ0n) is 16.8. The second-order valence-electron chi connectivity index (χ2n) is 7.10. The Labute approximate surface area is 173 Å². The van der Waals surface area contributed by atoms with Crippen LogP contribution in [-0.2, 0) is 9.47 Å². The van der Waals surface area contributed by atoms with Crippen LogP contribution < -0.4 is 9.80 Å². The topological polar surface area (TPSA) is 107 Å². The summed E-state index contributed by atoms with van der Waals surface area (Å²) in [5, 5.41) is 4.39. The lowest BCUT2D eigenvalue weighted by atomic mass is 10.3. The van der Waals surface area contributed by atoms with Crippen LogP contribution in [0.4, 0.5) is 11.9 Å². The SMILES string of the molecule is Cc1ccn(-c2nccc(-c3nc(N4CCOCC4)nc(N4CCOCC4)n3)n2)n1. The molecule has 0 radical (unpaired) electrons. The smallest absolute Gasteiger partial charge is 0.251 e. The lowest BCUT2D eigenvalue weighted by molar-refractivity contribution is 0.121. The molecule has 5 heterocycles. The highest BCUT2D eigenvalue weighted by Crippen LogP contribution is 2.22. The fourth-order valence-corrected chi connectivity index (χ4v) is 3.39. The van der Waals surface area contributed by atoms with Crippen molar-refractivity contribution in [2.45, 2.75) is 6.92 Å². The highest BCUT2D eigenvalue weighted by Gasteiger charge is 2.22. The summed E-state index contributed by atoms with van der Waals surface area (Å²) >= 11 is 0. The number of morpholine rings is 2. The average Bonchev–Trinajstić information content (AvgIpc) is 3.26. The minimum atomic E-state index is 0.474. The third kappa shape index (κ3) is 3.94. The molecular weight excluding hydrogens is 386 g/mol. The van der Waals surface area contributed by atoms with E-state index in [1.807, 2.05) is 19.2 Å². The van der Waals surface area contributed by atoms with Gasteiger partial charge in [0.15, 0.2) is 5.82 Å². The number of aromatic nitrogens is 7. The summed E-state index contributed by atoms with van der Waals surface area (Å²) in [4.78, 5) is 27.4. The van der Waals surface area contributed by atoms with Crippen molar-refractivity contribution in [3.8, 4) is 17.5 Å². The van der Waals surface area contributed by atoms with Gasteiger partial charge in [0.05, 0.1) is 32.1 Å². The van der Waals surface area contributed by atoms with Crippen molar-refractivity contribution < 1.29 is 9.47 Å². The van der Waals surface area contributed by atoms with E-state index in [1.165, 1.54) is 0 Å². The predicted octanol–water partition coefficient (Wildman–Crippen LogP) is 0.496. The first kappa shape index (κ1) is 18.8. The van der Waals surface area contributed by atoms with Crippen LogP contribution >= 0.6 is 0 Å². The van der Waals surface area contributed by atoms with Crippen molar-refractivity contribution >= 4 is 11.9 Å². The molecule has 0 amide bonds. The average molecular weight is 409 g/mol. The second-order valence-corrected chi connectivity index (χ2v) is 7.10. The molecule has 2 fully saturated rings. The highest BCUT2D eigenvalue weighted by atomic mass is 16.5. The first-order valence-electron chi connectivity index (χ1n) is 10.0. The summed E-state index contributed by atoms with van der Waals surface area (Å²) < 4.78 is 12.6. The van der Waals surface area contributed by atoms with Gasteiger partial charge in [-0.2, -0.15) is 20.1 Å². The summed E-state index contributed by atoms with van der Waals surface area (Å²) in [5.74, 6) is 2.27. The predicted molar refractivity (Wildman–Crippen MR) is 109 cm³/mol. The van der Waals surface area contributed by atoms with E-state index in [4.69, 9.17) is 24.4 Å². The van der Waals surface area contributed by atoms with Gasteiger partial charge in [0, 0.05) is 38.6 Å². The van der Waals surface area contributed by atoms with Crippen LogP contribution in [0.1, 0.15) is 5.69 Å². The van der Waals surface area contributed by atoms with Gasteiger partial charge in [-0.05, 0) is 19.1 Å². The normalized spacial score (nSPS) is 17.4. The molecule has 30 heavy (non-hydrogen) atoms. The molecule has 3 aromatic heterocycles. The van der Waals surface area contributed by atoms with E-state index >= 15 is 0 Å². The van der Waals surface area contributed by atoms with Gasteiger partial charge in [0.1, 0.15) is 5.69 Å². The molecule has 0 bridgehead atoms. The molecule has 0 unspecified atom stereocenters. The molecule has 156 valence electrons. The second kappa shape index (κ2) is 8.28. The Morgan fingerprint density at radius 3 is 1.97 bits per heavy atom. The van der Waals surface area contributed by atoms with Crippen LogP contribution in [0, 0.1) is 6.92 Å². The molecule has 0 aliphatic carbocycles. The molecule has 0 saturated carbocycles. The molecule has 5 rings (SSSR count). The van der Waals surface area contributed by atoms with Gasteiger partial charge in [-0.15, -0.1) is 0 Å². The van der Waals surface area contributed by atoms with E-state index < -0.39 is 0 Å². The van der Waals surface area contributed by atoms with Crippen LogP contribution in [0.3, 0.4) is 0 Å². The minimum absolute atomic E-state index is 0.474. The fraction of sp³-hybridized carbons (Fsp3) is 0.474. The van der Waals surface area contributed by atoms with E-state index in [2.05, 4.69) is 24.9 Å². The molecule has 2 saturated heterocycles. The summed E-state index contributed by atoms with van der Waals surface area (Å²) in [6.45, 7) is 7.53. The molecule has 0 aromatic carbocycles. The van der Waals surface area contributed by atoms with E-state index in [0.29, 0.717) is 55.8 Å². The summed E-state index contributed by atoms with van der Waals surface area (Å²) in [5.41, 5.74) is 1.52. The van der Waals surface area contributed by atoms with Gasteiger partial charge in [-0.3, -0.25) is 0 Å². The number of nitrogens with zero attached hydrogens (tertiary/aromatic N) is 9. The standard InChI is InChI=1S/C19H23N9O2/c1-14-3-5-28(25-14)17-20-4-2-15(21-17)16-22-18(26-6-10-29-11-7-26)24-19(23-16)27-8-12-30-13-9-27/h2-5H,6-13H2,1H3. The van der Waals surface area contributed by atoms with Crippen LogP contribution in [0.5, 0.6) is 0 Å². The Morgan fingerprint density at radius 2 is 1.40 bits per heavy atom. The van der Waals surface area contributed by atoms with E-state index in [9.17, 15) is 0 Å². The maximum absolute atomic E-state index is 5.48. The quantitative estimate of drug-likeness (QED) is 0.604. The maximum Gasteiger partial charge on any atom is 0.251 e. The Balaban J connectivity index is 1.54. The van der Waals surface area contributed by atoms with Crippen molar-refractivity contribution in [3.63, 3.8) is 0 Å². The van der Waals surface area contributed by atoms with E-state index in [-0.39, 0.29) is 0 Å². The van der Waals surface area contributed by atoms with Crippen molar-refractivity contribution in [1.29, 1.82) is 0 Å². The molecule has 3 aromatic rings. The van der Waals surface area contributed by atoms with E-state index in [0.717, 1.165) is 31.9 Å². The van der Waals surface area contributed by atoms with Gasteiger partial charge >= 0.3 is 0 Å². The van der Waals surface area contributed by atoms with Gasteiger partial charge in [0.25, 0.3) is 5.95 Å². The van der Waals surface area contributed by atoms with Gasteiger partial charge < -0.3 is 19.3 Å². The van der Waals surface area contributed by atoms with Crippen LogP contribution in [0.25, 0.3) is 17.5 Å². The maximum atomic E-state index is 5.48. The van der Waals surface area contributed by atoms with E-state index in [1.54, 1.807) is 16.9 Å². The Morgan fingerprint density at radius 1 is 0.767 bits per heavy atom. The van der Waals surface area contributed by atoms with Crippen LogP contribution in [0.15, 0.2) is 24.5 Å². The lowest BCUT2D eigenvalue weighted by Crippen LogP contribution is -2.40. The number of anilines is 2. The number of ether oxygens (including phenoxy) is 2. The van der Waals surface area contributed by atoms with Crippen LogP contribution in [0.2, 0.25) is 0 Å². The number of hydrogen-bond donors (Lipinski definition) is 0. The fourth-order valence-electron chi connectivity index (χ4n) is 3.39. The van der Waals surface area contributed by atoms with Gasteiger partial charge in [-0.25, -0.2) is 14.6 Å². The third-order valence-electron chi connectivity index (χ3n) is 5.00. The Bertz CT molecular complexity index is 976.